The van der Waals surface area contributed by atoms with Crippen molar-refractivity contribution in [2.75, 3.05) is 12.4 Å². The van der Waals surface area contributed by atoms with E-state index in [0.717, 1.165) is 11.1 Å². The third-order valence-corrected chi connectivity index (χ3v) is 6.55. The van der Waals surface area contributed by atoms with Gasteiger partial charge in [-0.3, -0.25) is 19.0 Å². The summed E-state index contributed by atoms with van der Waals surface area (Å²) in [6.07, 6.45) is 2.44. The zero-order valence-electron chi connectivity index (χ0n) is 22.4. The van der Waals surface area contributed by atoms with Crippen molar-refractivity contribution < 1.29 is 14.0 Å². The number of benzene rings is 3. The lowest BCUT2D eigenvalue weighted by atomic mass is 9.99. The van der Waals surface area contributed by atoms with Gasteiger partial charge in [0.15, 0.2) is 0 Å². The Kier molecular flexibility index (Phi) is 9.53. The molecule has 4 rings (SSSR count). The van der Waals surface area contributed by atoms with Gasteiger partial charge in [0.25, 0.3) is 5.56 Å². The summed E-state index contributed by atoms with van der Waals surface area (Å²) >= 11 is 0. The first-order chi connectivity index (χ1) is 19.3. The summed E-state index contributed by atoms with van der Waals surface area (Å²) in [6, 6.07) is 24.4. The van der Waals surface area contributed by atoms with E-state index in [1.54, 1.807) is 14.0 Å². The van der Waals surface area contributed by atoms with E-state index >= 15 is 0 Å². The molecule has 206 valence electrons. The van der Waals surface area contributed by atoms with Gasteiger partial charge < -0.3 is 16.0 Å². The molecule has 3 N–H and O–H groups in total. The number of carbonyl (C=O) groups excluding carboxylic acids is 2. The first kappa shape index (κ1) is 28.4. The lowest BCUT2D eigenvalue weighted by molar-refractivity contribution is -0.122. The molecule has 9 heteroatoms. The molecule has 3 aromatic carbocycles. The van der Waals surface area contributed by atoms with Crippen molar-refractivity contribution in [1.29, 1.82) is 0 Å². The fraction of sp³-hybridized carbons (Fsp3) is 0.226. The zero-order chi connectivity index (χ0) is 28.5. The monoisotopic (exact) mass is 541 g/mol. The van der Waals surface area contributed by atoms with Crippen LogP contribution in [0.2, 0.25) is 0 Å². The summed E-state index contributed by atoms with van der Waals surface area (Å²) in [7, 11) is 1.63. The Bertz CT molecular complexity index is 1450. The highest BCUT2D eigenvalue weighted by atomic mass is 19.1. The maximum atomic E-state index is 13.6. The number of hydrogen-bond acceptors (Lipinski definition) is 5. The fourth-order valence-electron chi connectivity index (χ4n) is 4.31. The lowest BCUT2D eigenvalue weighted by Gasteiger charge is -2.21. The molecular formula is C31H32FN5O3. The Hall–Kier alpha value is -4.63. The molecular weight excluding hydrogens is 509 g/mol. The van der Waals surface area contributed by atoms with Crippen LogP contribution in [0.4, 0.5) is 10.1 Å². The second-order valence-corrected chi connectivity index (χ2v) is 9.54. The van der Waals surface area contributed by atoms with Gasteiger partial charge in [0.1, 0.15) is 23.9 Å². The minimum Gasteiger partial charge on any atom is -0.351 e. The molecule has 2 amide bonds. The lowest BCUT2D eigenvalue weighted by Crippen LogP contribution is -2.42. The van der Waals surface area contributed by atoms with Crippen LogP contribution in [0.1, 0.15) is 18.1 Å². The molecule has 0 aliphatic heterocycles. The first-order valence-corrected chi connectivity index (χ1v) is 13.0. The van der Waals surface area contributed by atoms with E-state index < -0.39 is 29.2 Å². The van der Waals surface area contributed by atoms with Gasteiger partial charge in [0.05, 0.1) is 12.2 Å². The van der Waals surface area contributed by atoms with Crippen LogP contribution in [0.3, 0.4) is 0 Å². The van der Waals surface area contributed by atoms with Gasteiger partial charge in [-0.1, -0.05) is 60.7 Å². The summed E-state index contributed by atoms with van der Waals surface area (Å²) in [5.74, 6) is -1.07. The topological polar surface area (TPSA) is 105 Å². The van der Waals surface area contributed by atoms with Gasteiger partial charge in [-0.25, -0.2) is 9.37 Å². The van der Waals surface area contributed by atoms with Crippen molar-refractivity contribution in [3.05, 3.63) is 118 Å². The molecule has 0 saturated carbocycles. The number of aromatic nitrogens is 2. The van der Waals surface area contributed by atoms with E-state index in [-0.39, 0.29) is 24.1 Å². The first-order valence-electron chi connectivity index (χ1n) is 13.0. The Balaban J connectivity index is 1.63. The Morgan fingerprint density at radius 3 is 2.02 bits per heavy atom. The Morgan fingerprint density at radius 2 is 1.48 bits per heavy atom. The molecule has 0 aliphatic rings. The average molecular weight is 542 g/mol. The van der Waals surface area contributed by atoms with Crippen LogP contribution in [0.5, 0.6) is 0 Å². The number of hydrogen-bond donors (Lipinski definition) is 3. The van der Waals surface area contributed by atoms with E-state index in [2.05, 4.69) is 20.9 Å². The van der Waals surface area contributed by atoms with E-state index in [4.69, 9.17) is 0 Å². The molecule has 1 heterocycles. The quantitative estimate of drug-likeness (QED) is 0.269. The van der Waals surface area contributed by atoms with Gasteiger partial charge in [-0.2, -0.15) is 0 Å². The Labute approximate surface area is 232 Å². The second kappa shape index (κ2) is 13.4. The number of amides is 2. The molecule has 0 fully saturated rings. The van der Waals surface area contributed by atoms with Crippen molar-refractivity contribution in [2.24, 2.45) is 0 Å². The summed E-state index contributed by atoms with van der Waals surface area (Å²) in [5, 5.41) is 8.48. The highest BCUT2D eigenvalue weighted by Crippen LogP contribution is 2.18. The van der Waals surface area contributed by atoms with E-state index in [0.29, 0.717) is 18.4 Å². The van der Waals surface area contributed by atoms with E-state index in [9.17, 15) is 18.8 Å². The molecule has 0 spiro atoms. The molecule has 8 nitrogen and oxygen atoms in total. The predicted octanol–water partition coefficient (Wildman–Crippen LogP) is 3.57. The standard InChI is InChI=1S/C31H32FN5O3/c1-21(33-2)30(39)36-27-19-34-29(24-13-15-25(32)16-14-24)37(31(27)40)20-28(38)35-26(17-22-9-5-3-6-10-22)18-23-11-7-4-8-12-23/h3-16,19,21,26,33H,17-18,20H2,1-2H3,(H,35,38)(H,36,39)/t21-/m0/s1. The summed E-state index contributed by atoms with van der Waals surface area (Å²) in [4.78, 5) is 43.8. The van der Waals surface area contributed by atoms with Crippen molar-refractivity contribution in [3.8, 4) is 11.4 Å². The van der Waals surface area contributed by atoms with Crippen LogP contribution in [0.15, 0.2) is 95.9 Å². The number of likely N-dealkylation sites (N-methyl/N-ethyl adjacent to an activating group) is 1. The van der Waals surface area contributed by atoms with Crippen molar-refractivity contribution in [1.82, 2.24) is 20.2 Å². The van der Waals surface area contributed by atoms with Crippen molar-refractivity contribution >= 4 is 17.5 Å². The predicted molar refractivity (Wildman–Crippen MR) is 153 cm³/mol. The number of nitrogens with zero attached hydrogens (tertiary/aromatic N) is 2. The molecule has 0 bridgehead atoms. The van der Waals surface area contributed by atoms with Gasteiger partial charge in [-0.05, 0) is 62.2 Å². The van der Waals surface area contributed by atoms with Crippen LogP contribution in [0.25, 0.3) is 11.4 Å². The van der Waals surface area contributed by atoms with Gasteiger partial charge in [-0.15, -0.1) is 0 Å². The van der Waals surface area contributed by atoms with Crippen LogP contribution in [0, 0.1) is 5.82 Å². The highest BCUT2D eigenvalue weighted by molar-refractivity contribution is 5.94. The fourth-order valence-corrected chi connectivity index (χ4v) is 4.31. The molecule has 0 unspecified atom stereocenters. The van der Waals surface area contributed by atoms with E-state index in [1.807, 2.05) is 60.7 Å². The number of nitrogens with one attached hydrogen (secondary N) is 3. The summed E-state index contributed by atoms with van der Waals surface area (Å²) in [6.45, 7) is 1.31. The molecule has 0 saturated heterocycles. The van der Waals surface area contributed by atoms with Crippen molar-refractivity contribution in [2.45, 2.75) is 38.4 Å². The number of carbonyl (C=O) groups is 2. The molecule has 0 radical (unpaired) electrons. The van der Waals surface area contributed by atoms with Crippen LogP contribution >= 0.6 is 0 Å². The maximum Gasteiger partial charge on any atom is 0.278 e. The SMILES string of the molecule is CN[C@@H](C)C(=O)Nc1cnc(-c2ccc(F)cc2)n(CC(=O)NC(Cc2ccccc2)Cc2ccccc2)c1=O. The van der Waals surface area contributed by atoms with Gasteiger partial charge in [0, 0.05) is 11.6 Å². The molecule has 40 heavy (non-hydrogen) atoms. The summed E-state index contributed by atoms with van der Waals surface area (Å²) in [5.41, 5.74) is 1.94. The third kappa shape index (κ3) is 7.48. The number of rotatable bonds is 11. The zero-order valence-corrected chi connectivity index (χ0v) is 22.4. The molecule has 1 atom stereocenters. The molecule has 4 aromatic rings. The van der Waals surface area contributed by atoms with Crippen LogP contribution < -0.4 is 21.5 Å². The van der Waals surface area contributed by atoms with Crippen molar-refractivity contribution in [3.63, 3.8) is 0 Å². The average Bonchev–Trinajstić information content (AvgIpc) is 2.96. The smallest absolute Gasteiger partial charge is 0.278 e. The highest BCUT2D eigenvalue weighted by Gasteiger charge is 2.20. The molecule has 1 aromatic heterocycles. The normalized spacial score (nSPS) is 11.7. The second-order valence-electron chi connectivity index (χ2n) is 9.54. The van der Waals surface area contributed by atoms with E-state index in [1.165, 1.54) is 35.0 Å². The number of halogens is 1. The van der Waals surface area contributed by atoms with Crippen LogP contribution in [-0.2, 0) is 29.0 Å². The van der Waals surface area contributed by atoms with Crippen LogP contribution in [-0.4, -0.2) is 40.5 Å². The Morgan fingerprint density at radius 1 is 0.900 bits per heavy atom. The summed E-state index contributed by atoms with van der Waals surface area (Å²) < 4.78 is 14.8. The third-order valence-electron chi connectivity index (χ3n) is 6.55. The maximum absolute atomic E-state index is 13.6. The minimum absolute atomic E-state index is 0.0594. The molecule has 0 aliphatic carbocycles. The minimum atomic E-state index is -0.594. The van der Waals surface area contributed by atoms with Gasteiger partial charge in [0.2, 0.25) is 11.8 Å². The van der Waals surface area contributed by atoms with Gasteiger partial charge >= 0.3 is 0 Å². The largest absolute Gasteiger partial charge is 0.351 e. The number of anilines is 1.